The van der Waals surface area contributed by atoms with Crippen LogP contribution in [0.5, 0.6) is 0 Å². The SMILES string of the molecule is Cn1ccnc1CN1CC2COCCC2(C(=O)NCc2ccoc2)C1. The Bertz CT molecular complexity index is 727. The van der Waals surface area contributed by atoms with Crippen LogP contribution in [0.3, 0.4) is 0 Å². The second kappa shape index (κ2) is 6.65. The van der Waals surface area contributed by atoms with Crippen molar-refractivity contribution in [3.63, 3.8) is 0 Å². The van der Waals surface area contributed by atoms with E-state index < -0.39 is 0 Å². The van der Waals surface area contributed by atoms with E-state index in [2.05, 4.69) is 15.2 Å². The number of nitrogens with zero attached hydrogens (tertiary/aromatic N) is 3. The maximum atomic E-state index is 13.1. The molecule has 7 heteroatoms. The van der Waals surface area contributed by atoms with E-state index in [0.29, 0.717) is 19.8 Å². The number of hydrogen-bond acceptors (Lipinski definition) is 5. The van der Waals surface area contributed by atoms with Gasteiger partial charge in [0, 0.05) is 57.2 Å². The summed E-state index contributed by atoms with van der Waals surface area (Å²) < 4.78 is 12.8. The summed E-state index contributed by atoms with van der Waals surface area (Å²) in [7, 11) is 2.00. The summed E-state index contributed by atoms with van der Waals surface area (Å²) in [6.45, 7) is 4.18. The Balaban J connectivity index is 1.47. The lowest BCUT2D eigenvalue weighted by Crippen LogP contribution is -2.50. The summed E-state index contributed by atoms with van der Waals surface area (Å²) >= 11 is 0. The van der Waals surface area contributed by atoms with E-state index in [1.54, 1.807) is 12.5 Å². The molecular formula is C18H24N4O3. The molecule has 2 fully saturated rings. The van der Waals surface area contributed by atoms with Crippen molar-refractivity contribution in [2.75, 3.05) is 26.3 Å². The molecule has 0 aromatic carbocycles. The third kappa shape index (κ3) is 3.09. The fourth-order valence-electron chi connectivity index (χ4n) is 4.05. The van der Waals surface area contributed by atoms with Crippen LogP contribution >= 0.6 is 0 Å². The minimum Gasteiger partial charge on any atom is -0.472 e. The fourth-order valence-corrected chi connectivity index (χ4v) is 4.05. The Morgan fingerprint density at radius 2 is 2.44 bits per heavy atom. The van der Waals surface area contributed by atoms with E-state index in [1.807, 2.05) is 30.1 Å². The van der Waals surface area contributed by atoms with Gasteiger partial charge in [0.25, 0.3) is 0 Å². The number of amides is 1. The Labute approximate surface area is 147 Å². The first-order chi connectivity index (χ1) is 12.2. The highest BCUT2D eigenvalue weighted by molar-refractivity contribution is 5.83. The van der Waals surface area contributed by atoms with E-state index in [0.717, 1.165) is 37.4 Å². The molecule has 0 bridgehead atoms. The number of likely N-dealkylation sites (tertiary alicyclic amines) is 1. The van der Waals surface area contributed by atoms with Crippen molar-refractivity contribution in [2.24, 2.45) is 18.4 Å². The number of rotatable bonds is 5. The predicted molar refractivity (Wildman–Crippen MR) is 90.4 cm³/mol. The van der Waals surface area contributed by atoms with Crippen LogP contribution in [0.1, 0.15) is 17.8 Å². The zero-order valence-corrected chi connectivity index (χ0v) is 14.5. The Kier molecular flexibility index (Phi) is 4.35. The lowest BCUT2D eigenvalue weighted by molar-refractivity contribution is -0.139. The highest BCUT2D eigenvalue weighted by atomic mass is 16.5. The molecule has 2 aromatic rings. The largest absolute Gasteiger partial charge is 0.472 e. The summed E-state index contributed by atoms with van der Waals surface area (Å²) in [5, 5.41) is 3.11. The van der Waals surface area contributed by atoms with E-state index >= 15 is 0 Å². The second-order valence-corrected chi connectivity index (χ2v) is 7.12. The lowest BCUT2D eigenvalue weighted by atomic mass is 9.73. The van der Waals surface area contributed by atoms with Gasteiger partial charge in [-0.1, -0.05) is 0 Å². The van der Waals surface area contributed by atoms with Crippen molar-refractivity contribution in [3.05, 3.63) is 42.4 Å². The maximum absolute atomic E-state index is 13.1. The van der Waals surface area contributed by atoms with Crippen molar-refractivity contribution < 1.29 is 13.9 Å². The molecule has 0 saturated carbocycles. The Morgan fingerprint density at radius 3 is 3.20 bits per heavy atom. The van der Waals surface area contributed by atoms with Crippen LogP contribution in [0.2, 0.25) is 0 Å². The van der Waals surface area contributed by atoms with Gasteiger partial charge in [-0.3, -0.25) is 9.69 Å². The fraction of sp³-hybridized carbons (Fsp3) is 0.556. The number of aryl methyl sites for hydroxylation is 1. The monoisotopic (exact) mass is 344 g/mol. The lowest BCUT2D eigenvalue weighted by Gasteiger charge is -2.37. The first kappa shape index (κ1) is 16.4. The van der Waals surface area contributed by atoms with E-state index in [-0.39, 0.29) is 17.2 Å². The molecule has 2 aromatic heterocycles. The molecule has 4 heterocycles. The van der Waals surface area contributed by atoms with E-state index in [4.69, 9.17) is 9.15 Å². The quantitative estimate of drug-likeness (QED) is 0.881. The molecule has 0 spiro atoms. The average molecular weight is 344 g/mol. The van der Waals surface area contributed by atoms with Gasteiger partial charge in [0.05, 0.1) is 31.1 Å². The zero-order chi connectivity index (χ0) is 17.3. The zero-order valence-electron chi connectivity index (χ0n) is 14.5. The number of imidazole rings is 1. The molecule has 4 rings (SSSR count). The third-order valence-electron chi connectivity index (χ3n) is 5.55. The van der Waals surface area contributed by atoms with Crippen molar-refractivity contribution in [3.8, 4) is 0 Å². The summed E-state index contributed by atoms with van der Waals surface area (Å²) in [5.74, 6) is 1.38. The van der Waals surface area contributed by atoms with Gasteiger partial charge in [-0.25, -0.2) is 4.98 Å². The van der Waals surface area contributed by atoms with Crippen LogP contribution in [0.4, 0.5) is 0 Å². The van der Waals surface area contributed by atoms with Gasteiger partial charge in [0.1, 0.15) is 5.82 Å². The molecule has 2 atom stereocenters. The van der Waals surface area contributed by atoms with Gasteiger partial charge in [-0.15, -0.1) is 0 Å². The Hall–Kier alpha value is -2.12. The van der Waals surface area contributed by atoms with Gasteiger partial charge in [-0.05, 0) is 12.5 Å². The normalized spacial score (nSPS) is 26.5. The highest BCUT2D eigenvalue weighted by Gasteiger charge is 2.53. The van der Waals surface area contributed by atoms with Gasteiger partial charge >= 0.3 is 0 Å². The third-order valence-corrected chi connectivity index (χ3v) is 5.55. The standard InChI is InChI=1S/C18H24N4O3/c1-21-5-4-19-16(21)10-22-9-15-12-25-7-3-18(15,13-22)17(23)20-8-14-2-6-24-11-14/h2,4-6,11,15H,3,7-10,12-13H2,1H3,(H,20,23). The number of carbonyl (C=O) groups excluding carboxylic acids is 1. The second-order valence-electron chi connectivity index (χ2n) is 7.12. The van der Waals surface area contributed by atoms with Crippen LogP contribution in [0.15, 0.2) is 35.4 Å². The smallest absolute Gasteiger partial charge is 0.228 e. The van der Waals surface area contributed by atoms with Crippen LogP contribution in [-0.4, -0.2) is 46.7 Å². The molecule has 25 heavy (non-hydrogen) atoms. The topological polar surface area (TPSA) is 72.5 Å². The summed E-state index contributed by atoms with van der Waals surface area (Å²) in [6.07, 6.45) is 7.83. The highest BCUT2D eigenvalue weighted by Crippen LogP contribution is 2.42. The van der Waals surface area contributed by atoms with Gasteiger partial charge in [0.15, 0.2) is 0 Å². The van der Waals surface area contributed by atoms with Crippen molar-refractivity contribution in [1.29, 1.82) is 0 Å². The number of ether oxygens (including phenoxy) is 1. The Morgan fingerprint density at radius 1 is 1.52 bits per heavy atom. The van der Waals surface area contributed by atoms with Crippen LogP contribution < -0.4 is 5.32 Å². The molecular weight excluding hydrogens is 320 g/mol. The van der Waals surface area contributed by atoms with Crippen LogP contribution in [0, 0.1) is 11.3 Å². The van der Waals surface area contributed by atoms with Gasteiger partial charge < -0.3 is 19.0 Å². The molecule has 0 radical (unpaired) electrons. The van der Waals surface area contributed by atoms with E-state index in [9.17, 15) is 4.79 Å². The van der Waals surface area contributed by atoms with E-state index in [1.165, 1.54) is 0 Å². The van der Waals surface area contributed by atoms with Gasteiger partial charge in [0.2, 0.25) is 5.91 Å². The molecule has 1 N–H and O–H groups in total. The number of fused-ring (bicyclic) bond motifs is 1. The average Bonchev–Trinajstić information content (AvgIpc) is 3.33. The molecule has 2 aliphatic rings. The van der Waals surface area contributed by atoms with Crippen molar-refractivity contribution in [1.82, 2.24) is 19.8 Å². The maximum Gasteiger partial charge on any atom is 0.228 e. The molecule has 134 valence electrons. The summed E-state index contributed by atoms with van der Waals surface area (Å²) in [5.41, 5.74) is 0.615. The molecule has 7 nitrogen and oxygen atoms in total. The molecule has 2 saturated heterocycles. The molecule has 1 amide bonds. The predicted octanol–water partition coefficient (Wildman–Crippen LogP) is 1.17. The minimum absolute atomic E-state index is 0.129. The minimum atomic E-state index is -0.368. The number of hydrogen-bond donors (Lipinski definition) is 1. The van der Waals surface area contributed by atoms with Crippen LogP contribution in [0.25, 0.3) is 0 Å². The summed E-state index contributed by atoms with van der Waals surface area (Å²) in [6, 6.07) is 1.88. The molecule has 2 aliphatic heterocycles. The molecule has 2 unspecified atom stereocenters. The van der Waals surface area contributed by atoms with Crippen molar-refractivity contribution >= 4 is 5.91 Å². The number of aromatic nitrogens is 2. The number of carbonyl (C=O) groups is 1. The van der Waals surface area contributed by atoms with Crippen LogP contribution in [-0.2, 0) is 29.7 Å². The molecule has 0 aliphatic carbocycles. The first-order valence-corrected chi connectivity index (χ1v) is 8.73. The van der Waals surface area contributed by atoms with Crippen molar-refractivity contribution in [2.45, 2.75) is 19.5 Å². The number of nitrogens with one attached hydrogen (secondary N) is 1. The summed E-state index contributed by atoms with van der Waals surface area (Å²) in [4.78, 5) is 19.8. The first-order valence-electron chi connectivity index (χ1n) is 8.73. The van der Waals surface area contributed by atoms with Gasteiger partial charge in [-0.2, -0.15) is 0 Å². The number of furan rings is 1.